The molecule has 170 valence electrons. The van der Waals surface area contributed by atoms with Crippen molar-refractivity contribution in [2.45, 2.75) is 18.4 Å². The molecule has 7 nitrogen and oxygen atoms in total. The minimum absolute atomic E-state index is 0.232. The van der Waals surface area contributed by atoms with E-state index in [1.807, 2.05) is 37.4 Å². The number of hydrogen-bond donors (Lipinski definition) is 1. The zero-order valence-corrected chi connectivity index (χ0v) is 18.9. The molecule has 1 aliphatic heterocycles. The Labute approximate surface area is 191 Å². The van der Waals surface area contributed by atoms with Crippen LogP contribution in [0.4, 0.5) is 0 Å². The second-order valence-electron chi connectivity index (χ2n) is 8.52. The van der Waals surface area contributed by atoms with Gasteiger partial charge in [0.15, 0.2) is 11.2 Å². The molecule has 3 heterocycles. The predicted octanol–water partition coefficient (Wildman–Crippen LogP) is 3.81. The number of fused-ring (bicyclic) bond motifs is 2. The second kappa shape index (κ2) is 8.50. The van der Waals surface area contributed by atoms with Crippen molar-refractivity contribution in [1.82, 2.24) is 9.88 Å². The Morgan fingerprint density at radius 1 is 1.09 bits per heavy atom. The lowest BCUT2D eigenvalue weighted by Gasteiger charge is -2.34. The van der Waals surface area contributed by atoms with E-state index in [2.05, 4.69) is 9.88 Å². The first kappa shape index (κ1) is 21.4. The molecule has 5 rings (SSSR count). The summed E-state index contributed by atoms with van der Waals surface area (Å²) in [5.41, 5.74) is 1.39. The lowest BCUT2D eigenvalue weighted by atomic mass is 9.85. The zero-order valence-electron chi connectivity index (χ0n) is 18.9. The van der Waals surface area contributed by atoms with Crippen LogP contribution in [-0.4, -0.2) is 55.5 Å². The lowest BCUT2D eigenvalue weighted by molar-refractivity contribution is 0.0630. The van der Waals surface area contributed by atoms with Gasteiger partial charge in [0, 0.05) is 41.7 Å². The summed E-state index contributed by atoms with van der Waals surface area (Å²) in [5.74, 6) is 1.02. The van der Waals surface area contributed by atoms with Crippen molar-refractivity contribution >= 4 is 21.7 Å². The Hall–Kier alpha value is -3.42. The van der Waals surface area contributed by atoms with Crippen molar-refractivity contribution in [3.63, 3.8) is 0 Å². The number of hydrogen-bond acceptors (Lipinski definition) is 7. The Morgan fingerprint density at radius 2 is 1.85 bits per heavy atom. The molecule has 2 aromatic carbocycles. The van der Waals surface area contributed by atoms with Crippen LogP contribution in [0.15, 0.2) is 57.9 Å². The van der Waals surface area contributed by atoms with Crippen LogP contribution in [0.3, 0.4) is 0 Å². The molecule has 1 fully saturated rings. The molecule has 2 atom stereocenters. The number of likely N-dealkylation sites (tertiary alicyclic amines) is 1. The number of methoxy groups -OCH3 is 2. The zero-order chi connectivity index (χ0) is 23.1. The van der Waals surface area contributed by atoms with Crippen molar-refractivity contribution in [1.29, 1.82) is 0 Å². The number of aliphatic hydroxyl groups excluding tert-OH is 1. The van der Waals surface area contributed by atoms with Gasteiger partial charge >= 0.3 is 0 Å². The summed E-state index contributed by atoms with van der Waals surface area (Å²) in [6.45, 7) is 1.34. The lowest BCUT2D eigenvalue weighted by Crippen LogP contribution is -2.40. The fraction of sp³-hybridized carbons (Fsp3) is 0.308. The Bertz CT molecular complexity index is 1400. The maximum atomic E-state index is 13.3. The van der Waals surface area contributed by atoms with Crippen LogP contribution in [0.2, 0.25) is 0 Å². The number of rotatable bonds is 4. The monoisotopic (exact) mass is 446 g/mol. The highest BCUT2D eigenvalue weighted by Crippen LogP contribution is 2.43. The third-order valence-electron chi connectivity index (χ3n) is 6.45. The average molecular weight is 447 g/mol. The van der Waals surface area contributed by atoms with Crippen LogP contribution in [0.25, 0.3) is 33.2 Å². The van der Waals surface area contributed by atoms with E-state index in [1.54, 1.807) is 19.4 Å². The number of pyridine rings is 1. The normalized spacial score (nSPS) is 19.2. The fourth-order valence-electron chi connectivity index (χ4n) is 4.75. The van der Waals surface area contributed by atoms with Gasteiger partial charge in [-0.05, 0) is 31.5 Å². The molecule has 0 radical (unpaired) electrons. The molecule has 0 saturated carbocycles. The smallest absolute Gasteiger partial charge is 0.197 e. The van der Waals surface area contributed by atoms with Gasteiger partial charge in [-0.15, -0.1) is 0 Å². The number of nitrogens with zero attached hydrogens (tertiary/aromatic N) is 2. The van der Waals surface area contributed by atoms with Crippen LogP contribution in [0.5, 0.6) is 11.5 Å². The molecule has 0 bridgehead atoms. The number of β-amino-alcohol motifs (C(OH)–C–C–N with tert-alkyl or cyclic N) is 1. The largest absolute Gasteiger partial charge is 0.496 e. The van der Waals surface area contributed by atoms with Gasteiger partial charge in [-0.1, -0.05) is 24.3 Å². The van der Waals surface area contributed by atoms with Crippen molar-refractivity contribution in [2.24, 2.45) is 0 Å². The van der Waals surface area contributed by atoms with E-state index in [0.717, 1.165) is 17.3 Å². The van der Waals surface area contributed by atoms with Crippen LogP contribution in [0, 0.1) is 0 Å². The van der Waals surface area contributed by atoms with E-state index in [-0.39, 0.29) is 11.3 Å². The van der Waals surface area contributed by atoms with Gasteiger partial charge in [-0.25, -0.2) is 0 Å². The van der Waals surface area contributed by atoms with E-state index in [4.69, 9.17) is 13.9 Å². The van der Waals surface area contributed by atoms with Crippen LogP contribution in [0.1, 0.15) is 17.9 Å². The van der Waals surface area contributed by atoms with Crippen LogP contribution >= 0.6 is 0 Å². The molecule has 1 N–H and O–H groups in total. The number of aromatic nitrogens is 1. The third-order valence-corrected chi connectivity index (χ3v) is 6.45. The standard InChI is InChI=1S/C26H26N2O5/c1-28-9-8-17(20(30)14-28)24-22(31-2)12-23(32-3)25-19(29)11-21(33-26(24)25)18-10-15-6-4-5-7-16(15)13-27-18/h4-7,10-13,17,20,30H,8-9,14H2,1-3H3/t17-,20+/m0/s1. The molecule has 0 unspecified atom stereocenters. The molecule has 0 amide bonds. The summed E-state index contributed by atoms with van der Waals surface area (Å²) in [6.07, 6.45) is 1.85. The Balaban J connectivity index is 1.78. The quantitative estimate of drug-likeness (QED) is 0.510. The number of aliphatic hydroxyl groups is 1. The molecule has 1 saturated heterocycles. The van der Waals surface area contributed by atoms with Crippen LogP contribution < -0.4 is 14.9 Å². The molecular weight excluding hydrogens is 420 g/mol. The average Bonchev–Trinajstić information content (AvgIpc) is 2.83. The van der Waals surface area contributed by atoms with Crippen LogP contribution in [-0.2, 0) is 0 Å². The number of ether oxygens (including phenoxy) is 2. The van der Waals surface area contributed by atoms with E-state index >= 15 is 0 Å². The SMILES string of the molecule is COc1cc(OC)c2c(=O)cc(-c3cc4ccccc4cn3)oc2c1[C@H]1CCN(C)C[C@H]1O. The van der Waals surface area contributed by atoms with E-state index in [0.29, 0.717) is 52.5 Å². The topological polar surface area (TPSA) is 85.0 Å². The van der Waals surface area contributed by atoms with Gasteiger partial charge in [0.1, 0.15) is 28.2 Å². The van der Waals surface area contributed by atoms with Gasteiger partial charge in [0.2, 0.25) is 0 Å². The molecule has 0 aliphatic carbocycles. The second-order valence-corrected chi connectivity index (χ2v) is 8.52. The van der Waals surface area contributed by atoms with Gasteiger partial charge in [-0.2, -0.15) is 0 Å². The fourth-order valence-corrected chi connectivity index (χ4v) is 4.75. The molecule has 1 aliphatic rings. The maximum Gasteiger partial charge on any atom is 0.197 e. The summed E-state index contributed by atoms with van der Waals surface area (Å²) in [5, 5.41) is 13.3. The van der Waals surface area contributed by atoms with Gasteiger partial charge in [0.05, 0.1) is 20.3 Å². The third kappa shape index (κ3) is 3.73. The molecule has 7 heteroatoms. The van der Waals surface area contributed by atoms with Crippen molar-refractivity contribution in [3.05, 3.63) is 64.4 Å². The highest BCUT2D eigenvalue weighted by Gasteiger charge is 2.33. The molecule has 4 aromatic rings. The number of piperidine rings is 1. The first-order valence-corrected chi connectivity index (χ1v) is 10.9. The van der Waals surface area contributed by atoms with E-state index in [1.165, 1.54) is 13.2 Å². The molecule has 33 heavy (non-hydrogen) atoms. The van der Waals surface area contributed by atoms with E-state index in [9.17, 15) is 9.90 Å². The first-order chi connectivity index (χ1) is 16.0. The number of likely N-dealkylation sites (N-methyl/N-ethyl adjacent to an activating group) is 1. The summed E-state index contributed by atoms with van der Waals surface area (Å²) in [7, 11) is 5.06. The highest BCUT2D eigenvalue weighted by atomic mass is 16.5. The minimum Gasteiger partial charge on any atom is -0.496 e. The molecule has 0 spiro atoms. The first-order valence-electron chi connectivity index (χ1n) is 10.9. The predicted molar refractivity (Wildman–Crippen MR) is 127 cm³/mol. The molecular formula is C26H26N2O5. The minimum atomic E-state index is -0.623. The van der Waals surface area contributed by atoms with Gasteiger partial charge < -0.3 is 23.9 Å². The summed E-state index contributed by atoms with van der Waals surface area (Å²) in [6, 6.07) is 12.9. The van der Waals surface area contributed by atoms with E-state index < -0.39 is 6.10 Å². The summed E-state index contributed by atoms with van der Waals surface area (Å²) >= 11 is 0. The summed E-state index contributed by atoms with van der Waals surface area (Å²) in [4.78, 5) is 19.9. The van der Waals surface area contributed by atoms with Crippen molar-refractivity contribution < 1.29 is 19.0 Å². The highest BCUT2D eigenvalue weighted by molar-refractivity contribution is 5.91. The Morgan fingerprint density at radius 3 is 2.58 bits per heavy atom. The molecule has 2 aromatic heterocycles. The number of benzene rings is 2. The van der Waals surface area contributed by atoms with Crippen molar-refractivity contribution in [3.8, 4) is 23.0 Å². The van der Waals surface area contributed by atoms with Gasteiger partial charge in [-0.3, -0.25) is 9.78 Å². The maximum absolute atomic E-state index is 13.3. The van der Waals surface area contributed by atoms with Crippen molar-refractivity contribution in [2.75, 3.05) is 34.4 Å². The van der Waals surface area contributed by atoms with Gasteiger partial charge in [0.25, 0.3) is 0 Å². The summed E-state index contributed by atoms with van der Waals surface area (Å²) < 4.78 is 17.6. The Kier molecular flexibility index (Phi) is 5.52.